The number of carbonyl (C=O) groups excluding carboxylic acids is 3. The molecule has 17 nitrogen and oxygen atoms in total. The van der Waals surface area contributed by atoms with Gasteiger partial charge in [-0.05, 0) is 88.2 Å². The Balaban J connectivity index is 2.04. The van der Waals surface area contributed by atoms with E-state index < -0.39 is 101 Å². The van der Waals surface area contributed by atoms with Crippen molar-refractivity contribution in [2.75, 3.05) is 20.2 Å². The van der Waals surface area contributed by atoms with E-state index in [0.717, 1.165) is 4.90 Å². The molecular weight excluding hydrogens is 670 g/mol. The van der Waals surface area contributed by atoms with Crippen LogP contribution >= 0.6 is 0 Å². The Morgan fingerprint density at radius 3 is 1.98 bits per heavy atom. The highest BCUT2D eigenvalue weighted by Gasteiger charge is 2.56. The number of alkyl carbamates (subject to hydrolysis) is 2. The van der Waals surface area contributed by atoms with Crippen LogP contribution in [0.2, 0.25) is 0 Å². The third-order valence-electron chi connectivity index (χ3n) is 8.58. The van der Waals surface area contributed by atoms with Crippen molar-refractivity contribution in [3.05, 3.63) is 11.8 Å². The third kappa shape index (κ3) is 11.5. The second-order valence-corrected chi connectivity index (χ2v) is 16.8. The third-order valence-corrected chi connectivity index (χ3v) is 8.58. The molecule has 1 saturated carbocycles. The fourth-order valence-electron chi connectivity index (χ4n) is 6.60. The van der Waals surface area contributed by atoms with E-state index in [9.17, 15) is 29.7 Å². The molecule has 2 heterocycles. The zero-order chi connectivity index (χ0) is 38.9. The largest absolute Gasteiger partial charge is 0.492 e. The van der Waals surface area contributed by atoms with E-state index >= 15 is 0 Å². The Bertz CT molecular complexity index is 1260. The molecule has 3 rings (SSSR count). The Hall–Kier alpha value is -2.93. The van der Waals surface area contributed by atoms with Crippen molar-refractivity contribution in [3.63, 3.8) is 0 Å². The van der Waals surface area contributed by atoms with E-state index in [0.29, 0.717) is 12.2 Å². The molecule has 0 aromatic carbocycles. The number of aliphatic hydroxyl groups is 3. The van der Waals surface area contributed by atoms with E-state index in [4.69, 9.17) is 39.9 Å². The lowest BCUT2D eigenvalue weighted by Crippen LogP contribution is -2.70. The van der Waals surface area contributed by atoms with Crippen molar-refractivity contribution >= 4 is 18.3 Å². The summed E-state index contributed by atoms with van der Waals surface area (Å²) >= 11 is 0. The molecule has 3 amide bonds. The minimum absolute atomic E-state index is 0.0408. The number of rotatable bonds is 7. The van der Waals surface area contributed by atoms with Crippen molar-refractivity contribution in [2.45, 2.75) is 159 Å². The first-order chi connectivity index (χ1) is 23.2. The predicted octanol–water partition coefficient (Wildman–Crippen LogP) is 1.20. The summed E-state index contributed by atoms with van der Waals surface area (Å²) in [4.78, 5) is 40.4. The number of carbonyl (C=O) groups is 3. The van der Waals surface area contributed by atoms with Crippen LogP contribution < -0.4 is 22.1 Å². The van der Waals surface area contributed by atoms with Crippen LogP contribution in [0, 0.1) is 5.92 Å². The molecule has 9 N–H and O–H groups in total. The highest BCUT2D eigenvalue weighted by molar-refractivity contribution is 5.69. The van der Waals surface area contributed by atoms with E-state index in [1.54, 1.807) is 68.4 Å². The topological polar surface area (TPSA) is 247 Å². The number of hydrogen-bond acceptors (Lipinski definition) is 14. The molecule has 3 aliphatic rings. The highest BCUT2D eigenvalue weighted by Crippen LogP contribution is 2.38. The van der Waals surface area contributed by atoms with Crippen molar-refractivity contribution in [1.82, 2.24) is 15.5 Å². The van der Waals surface area contributed by atoms with Gasteiger partial charge in [0, 0.05) is 25.0 Å². The molecule has 51 heavy (non-hydrogen) atoms. The predicted molar refractivity (Wildman–Crippen MR) is 184 cm³/mol. The molecule has 0 bridgehead atoms. The van der Waals surface area contributed by atoms with Crippen LogP contribution in [-0.2, 0) is 28.4 Å². The van der Waals surface area contributed by atoms with Gasteiger partial charge in [-0.2, -0.15) is 0 Å². The van der Waals surface area contributed by atoms with Crippen LogP contribution in [0.3, 0.4) is 0 Å². The maximum atomic E-state index is 13.2. The molecule has 11 atom stereocenters. The molecule has 2 aliphatic heterocycles. The number of nitrogens with two attached hydrogens (primary N) is 2. The van der Waals surface area contributed by atoms with Gasteiger partial charge in [-0.25, -0.2) is 14.4 Å². The van der Waals surface area contributed by atoms with Crippen LogP contribution in [0.15, 0.2) is 11.8 Å². The number of likely N-dealkylation sites (N-methyl/N-ethyl adjacent to an activating group) is 1. The SMILES string of the molecule is CN(C(=O)OC(C)(C)C)[C@@H]1[C@@H](O)[C@@H](O[C@@H]2[C@@H](O)[C@H](C3OC(CN)=CC[C@H]3N)[C@@H](NC(=O)OC(C)(C)C)C[C@H]2NC(=O)OC(C)(C)C)OC[C@]1(C)O. The van der Waals surface area contributed by atoms with Gasteiger partial charge in [0.1, 0.15) is 46.5 Å². The summed E-state index contributed by atoms with van der Waals surface area (Å²) in [5.41, 5.74) is 8.09. The summed E-state index contributed by atoms with van der Waals surface area (Å²) < 4.78 is 34.8. The number of nitrogens with zero attached hydrogens (tertiary/aromatic N) is 1. The lowest BCUT2D eigenvalue weighted by Gasteiger charge is -2.51. The van der Waals surface area contributed by atoms with Crippen LogP contribution in [-0.4, -0.2) is 136 Å². The van der Waals surface area contributed by atoms with E-state index in [1.807, 2.05) is 0 Å². The summed E-state index contributed by atoms with van der Waals surface area (Å²) in [6, 6.07) is -3.88. The lowest BCUT2D eigenvalue weighted by atomic mass is 9.72. The summed E-state index contributed by atoms with van der Waals surface area (Å²) in [6.07, 6.45) is -7.30. The summed E-state index contributed by atoms with van der Waals surface area (Å²) in [5, 5.41) is 40.7. The molecular formula is C34H61N5O12. The first-order valence-corrected chi connectivity index (χ1v) is 17.3. The zero-order valence-corrected chi connectivity index (χ0v) is 31.8. The van der Waals surface area contributed by atoms with Gasteiger partial charge in [0.05, 0.1) is 31.3 Å². The van der Waals surface area contributed by atoms with Gasteiger partial charge in [-0.15, -0.1) is 0 Å². The van der Waals surface area contributed by atoms with E-state index in [-0.39, 0.29) is 19.6 Å². The quantitative estimate of drug-likeness (QED) is 0.182. The van der Waals surface area contributed by atoms with Gasteiger partial charge in [0.25, 0.3) is 0 Å². The number of aliphatic hydroxyl groups excluding tert-OH is 2. The minimum atomic E-state index is -1.75. The molecule has 0 spiro atoms. The maximum absolute atomic E-state index is 13.2. The van der Waals surface area contributed by atoms with Crippen molar-refractivity contribution < 1.29 is 58.1 Å². The Labute approximate surface area is 300 Å². The van der Waals surface area contributed by atoms with Crippen LogP contribution in [0.4, 0.5) is 14.4 Å². The molecule has 0 radical (unpaired) electrons. The molecule has 1 aliphatic carbocycles. The lowest BCUT2D eigenvalue weighted by molar-refractivity contribution is -0.305. The van der Waals surface area contributed by atoms with Gasteiger partial charge in [0.15, 0.2) is 6.29 Å². The normalized spacial score (nSPS) is 34.7. The molecule has 0 aromatic rings. The smallest absolute Gasteiger partial charge is 0.410 e. The van der Waals surface area contributed by atoms with E-state index in [2.05, 4.69) is 10.6 Å². The van der Waals surface area contributed by atoms with Gasteiger partial charge in [0.2, 0.25) is 0 Å². The Morgan fingerprint density at radius 1 is 0.941 bits per heavy atom. The Kier molecular flexibility index (Phi) is 13.3. The van der Waals surface area contributed by atoms with E-state index in [1.165, 1.54) is 14.0 Å². The average molecular weight is 732 g/mol. The molecule has 1 saturated heterocycles. The first kappa shape index (κ1) is 42.5. The zero-order valence-electron chi connectivity index (χ0n) is 31.8. The highest BCUT2D eigenvalue weighted by atomic mass is 16.7. The minimum Gasteiger partial charge on any atom is -0.492 e. The molecule has 17 heteroatoms. The number of nitrogens with one attached hydrogen (secondary N) is 2. The standard InChI is InChI=1S/C34H61N5O12/c1-31(2,3)49-28(42)37-19-14-20(38-29(43)50-32(4,5)6)25(22(40)21(19)24-18(36)13-12-17(15-35)47-24)48-27-23(41)26(34(10,45)16-46-27)39(11)30(44)51-33(7,8)9/h12,18-27,40-41,45H,13-16,35-36H2,1-11H3,(H,37,42)(H,38,43)/t18-,19+,20-,21-,22+,23-,24?,25+,26-,27-,34+/m1/s1. The summed E-state index contributed by atoms with van der Waals surface area (Å²) in [5.74, 6) is -0.522. The molecule has 294 valence electrons. The maximum Gasteiger partial charge on any atom is 0.410 e. The van der Waals surface area contributed by atoms with Gasteiger partial charge < -0.3 is 70.7 Å². The second-order valence-electron chi connectivity index (χ2n) is 16.8. The molecule has 2 fully saturated rings. The van der Waals surface area contributed by atoms with Crippen LogP contribution in [0.5, 0.6) is 0 Å². The van der Waals surface area contributed by atoms with Crippen molar-refractivity contribution in [1.29, 1.82) is 0 Å². The number of amides is 3. The fraction of sp³-hybridized carbons (Fsp3) is 0.853. The summed E-state index contributed by atoms with van der Waals surface area (Å²) in [7, 11) is 1.37. The van der Waals surface area contributed by atoms with Crippen molar-refractivity contribution in [3.8, 4) is 0 Å². The number of ether oxygens (including phenoxy) is 6. The average Bonchev–Trinajstić information content (AvgIpc) is 2.93. The van der Waals surface area contributed by atoms with Crippen molar-refractivity contribution in [2.24, 2.45) is 17.4 Å². The monoisotopic (exact) mass is 731 g/mol. The number of hydrogen-bond donors (Lipinski definition) is 7. The summed E-state index contributed by atoms with van der Waals surface area (Å²) in [6.45, 7) is 16.3. The van der Waals surface area contributed by atoms with Gasteiger partial charge in [-0.3, -0.25) is 0 Å². The van der Waals surface area contributed by atoms with Crippen LogP contribution in [0.1, 0.15) is 82.1 Å². The molecule has 1 unspecified atom stereocenters. The van der Waals surface area contributed by atoms with Gasteiger partial charge >= 0.3 is 18.3 Å². The van der Waals surface area contributed by atoms with Gasteiger partial charge in [-0.1, -0.05) is 0 Å². The van der Waals surface area contributed by atoms with Crippen LogP contribution in [0.25, 0.3) is 0 Å². The fourth-order valence-corrected chi connectivity index (χ4v) is 6.60. The second kappa shape index (κ2) is 16.0. The first-order valence-electron chi connectivity index (χ1n) is 17.3. The Morgan fingerprint density at radius 2 is 1.47 bits per heavy atom. The molecule has 0 aromatic heterocycles.